The van der Waals surface area contributed by atoms with E-state index < -0.39 is 0 Å². The molecule has 0 spiro atoms. The third-order valence-corrected chi connectivity index (χ3v) is 4.28. The summed E-state index contributed by atoms with van der Waals surface area (Å²) in [6, 6.07) is 16.3. The van der Waals surface area contributed by atoms with Gasteiger partial charge in [-0.25, -0.2) is 4.98 Å². The van der Waals surface area contributed by atoms with E-state index in [0.29, 0.717) is 12.4 Å². The summed E-state index contributed by atoms with van der Waals surface area (Å²) in [4.78, 5) is 11.1. The molecule has 25 heavy (non-hydrogen) atoms. The second kappa shape index (κ2) is 8.33. The summed E-state index contributed by atoms with van der Waals surface area (Å²) < 4.78 is 5.17. The molecule has 0 aliphatic carbocycles. The zero-order valence-corrected chi connectivity index (χ0v) is 14.8. The summed E-state index contributed by atoms with van der Waals surface area (Å²) in [5, 5.41) is 3.39. The van der Waals surface area contributed by atoms with Crippen LogP contribution in [-0.2, 0) is 6.54 Å². The molecule has 1 aliphatic heterocycles. The standard InChI is InChI=1S/C20H24N4O/c1-21-20(22-15-18-9-6-10-19(23-18)25-2)24-13-11-17(12-14-24)16-7-4-3-5-8-16/h3-11H,12-15H2,1-2H3,(H,21,22). The van der Waals surface area contributed by atoms with E-state index in [0.717, 1.165) is 31.2 Å². The zero-order valence-electron chi connectivity index (χ0n) is 14.8. The van der Waals surface area contributed by atoms with Gasteiger partial charge in [-0.3, -0.25) is 4.99 Å². The highest BCUT2D eigenvalue weighted by molar-refractivity contribution is 5.81. The number of guanidine groups is 1. The smallest absolute Gasteiger partial charge is 0.213 e. The molecule has 0 amide bonds. The molecule has 0 unspecified atom stereocenters. The number of rotatable bonds is 4. The zero-order chi connectivity index (χ0) is 17.5. The Balaban J connectivity index is 1.60. The summed E-state index contributed by atoms with van der Waals surface area (Å²) in [7, 11) is 3.45. The van der Waals surface area contributed by atoms with Gasteiger partial charge in [-0.15, -0.1) is 0 Å². The minimum atomic E-state index is 0.621. The number of hydrogen-bond donors (Lipinski definition) is 1. The summed E-state index contributed by atoms with van der Waals surface area (Å²) in [5.74, 6) is 1.52. The normalized spacial score (nSPS) is 14.9. The number of benzene rings is 1. The first-order chi connectivity index (χ1) is 12.3. The van der Waals surface area contributed by atoms with Gasteiger partial charge in [0.05, 0.1) is 19.3 Å². The molecular weight excluding hydrogens is 312 g/mol. The van der Waals surface area contributed by atoms with Crippen LogP contribution in [0, 0.1) is 0 Å². The third-order valence-electron chi connectivity index (χ3n) is 4.28. The SMILES string of the molecule is CN=C(NCc1cccc(OC)n1)N1CC=C(c2ccccc2)CC1. The molecule has 5 nitrogen and oxygen atoms in total. The number of hydrogen-bond acceptors (Lipinski definition) is 3. The Kier molecular flexibility index (Phi) is 5.67. The minimum absolute atomic E-state index is 0.621. The summed E-state index contributed by atoms with van der Waals surface area (Å²) in [6.07, 6.45) is 3.30. The molecule has 5 heteroatoms. The van der Waals surface area contributed by atoms with Crippen molar-refractivity contribution in [3.63, 3.8) is 0 Å². The first-order valence-electron chi connectivity index (χ1n) is 8.50. The van der Waals surface area contributed by atoms with E-state index in [4.69, 9.17) is 4.74 Å². The van der Waals surface area contributed by atoms with E-state index in [1.54, 1.807) is 7.11 Å². The van der Waals surface area contributed by atoms with Crippen LogP contribution in [0.25, 0.3) is 5.57 Å². The summed E-state index contributed by atoms with van der Waals surface area (Å²) in [6.45, 7) is 2.43. The van der Waals surface area contributed by atoms with Crippen molar-refractivity contribution in [3.8, 4) is 5.88 Å². The van der Waals surface area contributed by atoms with Crippen LogP contribution in [0.1, 0.15) is 17.7 Å². The van der Waals surface area contributed by atoms with Crippen LogP contribution in [0.4, 0.5) is 0 Å². The number of methoxy groups -OCH3 is 1. The van der Waals surface area contributed by atoms with Crippen molar-refractivity contribution in [2.75, 3.05) is 27.2 Å². The second-order valence-corrected chi connectivity index (χ2v) is 5.86. The Bertz CT molecular complexity index is 755. The van der Waals surface area contributed by atoms with Crippen molar-refractivity contribution in [1.29, 1.82) is 0 Å². The van der Waals surface area contributed by atoms with E-state index in [2.05, 4.69) is 56.6 Å². The molecule has 2 aromatic rings. The second-order valence-electron chi connectivity index (χ2n) is 5.86. The van der Waals surface area contributed by atoms with Crippen molar-refractivity contribution >= 4 is 11.5 Å². The summed E-state index contributed by atoms with van der Waals surface area (Å²) >= 11 is 0. The maximum Gasteiger partial charge on any atom is 0.213 e. The summed E-state index contributed by atoms with van der Waals surface area (Å²) in [5.41, 5.74) is 3.64. The van der Waals surface area contributed by atoms with Crippen LogP contribution in [0.3, 0.4) is 0 Å². The molecule has 3 rings (SSSR count). The van der Waals surface area contributed by atoms with E-state index in [-0.39, 0.29) is 0 Å². The van der Waals surface area contributed by atoms with Crippen LogP contribution in [0.5, 0.6) is 5.88 Å². The molecule has 0 radical (unpaired) electrons. The van der Waals surface area contributed by atoms with Crippen molar-refractivity contribution in [1.82, 2.24) is 15.2 Å². The van der Waals surface area contributed by atoms with Crippen molar-refractivity contribution in [2.24, 2.45) is 4.99 Å². The van der Waals surface area contributed by atoms with Gasteiger partial charge in [-0.2, -0.15) is 0 Å². The molecule has 2 heterocycles. The fourth-order valence-electron chi connectivity index (χ4n) is 2.95. The number of ether oxygens (including phenoxy) is 1. The molecule has 0 bridgehead atoms. The average Bonchev–Trinajstić information content (AvgIpc) is 2.70. The Morgan fingerprint density at radius 2 is 2.04 bits per heavy atom. The van der Waals surface area contributed by atoms with Gasteiger partial charge in [0.1, 0.15) is 0 Å². The quantitative estimate of drug-likeness (QED) is 0.689. The number of nitrogens with zero attached hydrogens (tertiary/aromatic N) is 3. The Hall–Kier alpha value is -2.82. The lowest BCUT2D eigenvalue weighted by atomic mass is 10.00. The van der Waals surface area contributed by atoms with Crippen LogP contribution in [0.2, 0.25) is 0 Å². The largest absolute Gasteiger partial charge is 0.481 e. The van der Waals surface area contributed by atoms with Gasteiger partial charge in [0.15, 0.2) is 5.96 Å². The van der Waals surface area contributed by atoms with Crippen LogP contribution in [-0.4, -0.2) is 43.1 Å². The number of aromatic nitrogens is 1. The van der Waals surface area contributed by atoms with Gasteiger partial charge >= 0.3 is 0 Å². The highest BCUT2D eigenvalue weighted by Crippen LogP contribution is 2.22. The third kappa shape index (κ3) is 4.38. The molecule has 0 saturated carbocycles. The lowest BCUT2D eigenvalue weighted by Crippen LogP contribution is -2.43. The van der Waals surface area contributed by atoms with E-state index in [9.17, 15) is 0 Å². The van der Waals surface area contributed by atoms with E-state index in [1.807, 2.05) is 25.2 Å². The van der Waals surface area contributed by atoms with Gasteiger partial charge < -0.3 is 15.0 Å². The molecule has 1 N–H and O–H groups in total. The van der Waals surface area contributed by atoms with Gasteiger partial charge in [-0.1, -0.05) is 42.5 Å². The number of pyridine rings is 1. The lowest BCUT2D eigenvalue weighted by molar-refractivity contribution is 0.395. The first kappa shape index (κ1) is 17.0. The highest BCUT2D eigenvalue weighted by atomic mass is 16.5. The molecule has 1 aromatic carbocycles. The Morgan fingerprint density at radius 3 is 2.72 bits per heavy atom. The topological polar surface area (TPSA) is 49.8 Å². The lowest BCUT2D eigenvalue weighted by Gasteiger charge is -2.29. The maximum absolute atomic E-state index is 5.17. The van der Waals surface area contributed by atoms with Gasteiger partial charge in [0, 0.05) is 26.2 Å². The maximum atomic E-state index is 5.17. The van der Waals surface area contributed by atoms with Crippen molar-refractivity contribution in [3.05, 3.63) is 65.9 Å². The Labute approximate surface area is 149 Å². The number of aliphatic imine (C=N–C) groups is 1. The predicted molar refractivity (Wildman–Crippen MR) is 102 cm³/mol. The van der Waals surface area contributed by atoms with Gasteiger partial charge in [0.25, 0.3) is 0 Å². The van der Waals surface area contributed by atoms with Gasteiger partial charge in [-0.05, 0) is 23.6 Å². The van der Waals surface area contributed by atoms with E-state index >= 15 is 0 Å². The predicted octanol–water partition coefficient (Wildman–Crippen LogP) is 2.95. The number of nitrogens with one attached hydrogen (secondary N) is 1. The molecule has 0 atom stereocenters. The van der Waals surface area contributed by atoms with Crippen LogP contribution < -0.4 is 10.1 Å². The minimum Gasteiger partial charge on any atom is -0.481 e. The molecule has 130 valence electrons. The fourth-order valence-corrected chi connectivity index (χ4v) is 2.95. The molecular formula is C20H24N4O. The molecule has 1 aliphatic rings. The van der Waals surface area contributed by atoms with Crippen molar-refractivity contribution in [2.45, 2.75) is 13.0 Å². The fraction of sp³-hybridized carbons (Fsp3) is 0.300. The van der Waals surface area contributed by atoms with Gasteiger partial charge in [0.2, 0.25) is 5.88 Å². The molecule has 0 fully saturated rings. The van der Waals surface area contributed by atoms with Crippen molar-refractivity contribution < 1.29 is 4.74 Å². The van der Waals surface area contributed by atoms with Crippen LogP contribution in [0.15, 0.2) is 59.6 Å². The average molecular weight is 336 g/mol. The monoisotopic (exact) mass is 336 g/mol. The van der Waals surface area contributed by atoms with Crippen LogP contribution >= 0.6 is 0 Å². The molecule has 1 aromatic heterocycles. The first-order valence-corrected chi connectivity index (χ1v) is 8.50. The Morgan fingerprint density at radius 1 is 1.20 bits per heavy atom. The highest BCUT2D eigenvalue weighted by Gasteiger charge is 2.16. The van der Waals surface area contributed by atoms with E-state index in [1.165, 1.54) is 11.1 Å². The molecule has 0 saturated heterocycles.